The van der Waals surface area contributed by atoms with Crippen molar-refractivity contribution < 1.29 is 13.3 Å². The van der Waals surface area contributed by atoms with Crippen molar-refractivity contribution in [2.75, 3.05) is 5.75 Å². The lowest BCUT2D eigenvalue weighted by atomic mass is 10.4. The summed E-state index contributed by atoms with van der Waals surface area (Å²) in [4.78, 5) is 8.60. The Bertz CT molecular complexity index is 456. The predicted octanol–water partition coefficient (Wildman–Crippen LogP) is 0.513. The Morgan fingerprint density at radius 1 is 1.27 bits per heavy atom. The molecule has 1 aromatic carbocycles. The summed E-state index contributed by atoms with van der Waals surface area (Å²) in [5.41, 5.74) is 2.40. The monoisotopic (exact) mass is 225 g/mol. The molecule has 0 aromatic heterocycles. The number of nitrogens with zero attached hydrogens (tertiary/aromatic N) is 1. The van der Waals surface area contributed by atoms with Crippen LogP contribution in [0.25, 0.3) is 0 Å². The standard InChI is InChI=1S/C9H9N2O3S/c12-15(13,6-9-10-7-14-11-9)8-4-2-1-3-5-8/h1-5,7,11H,6H2. The maximum absolute atomic E-state index is 11.8. The van der Waals surface area contributed by atoms with Crippen LogP contribution >= 0.6 is 0 Å². The first-order valence-corrected chi connectivity index (χ1v) is 5.91. The van der Waals surface area contributed by atoms with Gasteiger partial charge in [-0.25, -0.2) is 13.4 Å². The van der Waals surface area contributed by atoms with Crippen molar-refractivity contribution in [2.45, 2.75) is 4.90 Å². The topological polar surface area (TPSA) is 67.8 Å². The summed E-state index contributed by atoms with van der Waals surface area (Å²) >= 11 is 0. The summed E-state index contributed by atoms with van der Waals surface area (Å²) < 4.78 is 23.6. The molecule has 0 amide bonds. The lowest BCUT2D eigenvalue weighted by molar-refractivity contribution is 0.228. The number of hydrogen-bond donors (Lipinski definition) is 1. The number of sulfone groups is 1. The second-order valence-electron chi connectivity index (χ2n) is 2.97. The van der Waals surface area contributed by atoms with Gasteiger partial charge in [-0.05, 0) is 12.1 Å². The van der Waals surface area contributed by atoms with E-state index in [4.69, 9.17) is 0 Å². The average molecular weight is 225 g/mol. The van der Waals surface area contributed by atoms with Crippen molar-refractivity contribution >= 4 is 16.2 Å². The minimum absolute atomic E-state index is 0.187. The van der Waals surface area contributed by atoms with E-state index in [1.807, 2.05) is 0 Å². The van der Waals surface area contributed by atoms with Crippen LogP contribution in [0.2, 0.25) is 0 Å². The van der Waals surface area contributed by atoms with Gasteiger partial charge in [-0.1, -0.05) is 18.2 Å². The van der Waals surface area contributed by atoms with E-state index in [0.29, 0.717) is 6.17 Å². The largest absolute Gasteiger partial charge is 0.394 e. The van der Waals surface area contributed by atoms with Gasteiger partial charge < -0.3 is 4.84 Å². The highest BCUT2D eigenvalue weighted by Gasteiger charge is 2.23. The molecule has 1 radical (unpaired) electrons. The zero-order chi connectivity index (χ0) is 10.7. The molecule has 1 aliphatic rings. The third kappa shape index (κ3) is 2.34. The molecule has 0 bridgehead atoms. The van der Waals surface area contributed by atoms with Crippen molar-refractivity contribution in [3.05, 3.63) is 36.5 Å². The fourth-order valence-corrected chi connectivity index (χ4v) is 2.40. The first kappa shape index (κ1) is 10.1. The van der Waals surface area contributed by atoms with Crippen LogP contribution in [-0.2, 0) is 14.7 Å². The molecule has 6 heteroatoms. The van der Waals surface area contributed by atoms with E-state index in [9.17, 15) is 8.42 Å². The number of aliphatic imine (C=N–C) groups is 1. The highest BCUT2D eigenvalue weighted by atomic mass is 32.2. The minimum atomic E-state index is -3.34. The number of hydroxylamine groups is 1. The Kier molecular flexibility index (Phi) is 2.70. The van der Waals surface area contributed by atoms with E-state index >= 15 is 0 Å². The van der Waals surface area contributed by atoms with Crippen LogP contribution in [0.5, 0.6) is 0 Å². The van der Waals surface area contributed by atoms with Gasteiger partial charge in [-0.3, -0.25) is 0 Å². The molecule has 0 spiro atoms. The summed E-state index contributed by atoms with van der Waals surface area (Å²) in [7, 11) is -3.34. The Balaban J connectivity index is 2.17. The predicted molar refractivity (Wildman–Crippen MR) is 54.5 cm³/mol. The molecule has 2 rings (SSSR count). The van der Waals surface area contributed by atoms with Gasteiger partial charge in [0.15, 0.2) is 16.2 Å². The summed E-state index contributed by atoms with van der Waals surface area (Å²) in [6.07, 6.45) is 1.45. The first-order chi connectivity index (χ1) is 7.18. The van der Waals surface area contributed by atoms with Crippen molar-refractivity contribution in [2.24, 2.45) is 4.99 Å². The molecule has 0 saturated carbocycles. The highest BCUT2D eigenvalue weighted by Crippen LogP contribution is 2.15. The average Bonchev–Trinajstić information content (AvgIpc) is 2.71. The second kappa shape index (κ2) is 4.00. The molecule has 0 unspecified atom stereocenters. The molecule has 1 aromatic rings. The molecule has 0 atom stereocenters. The van der Waals surface area contributed by atoms with E-state index in [1.165, 1.54) is 0 Å². The maximum Gasteiger partial charge on any atom is 0.202 e. The number of benzene rings is 1. The molecule has 0 fully saturated rings. The Hall–Kier alpha value is -1.40. The van der Waals surface area contributed by atoms with Crippen LogP contribution in [0.1, 0.15) is 0 Å². The summed E-state index contributed by atoms with van der Waals surface area (Å²) in [5.74, 6) is -0.187. The van der Waals surface area contributed by atoms with Gasteiger partial charge in [0.1, 0.15) is 5.75 Å². The molecule has 1 heterocycles. The molecule has 1 N–H and O–H groups in total. The van der Waals surface area contributed by atoms with Gasteiger partial charge in [0, 0.05) is 0 Å². The second-order valence-corrected chi connectivity index (χ2v) is 4.96. The minimum Gasteiger partial charge on any atom is -0.394 e. The van der Waals surface area contributed by atoms with Crippen LogP contribution in [0, 0.1) is 6.17 Å². The van der Waals surface area contributed by atoms with Gasteiger partial charge in [-0.15, -0.1) is 5.48 Å². The molecule has 1 aliphatic heterocycles. The molecule has 5 nitrogen and oxygen atoms in total. The normalized spacial score (nSPS) is 16.5. The highest BCUT2D eigenvalue weighted by molar-refractivity contribution is 7.91. The molecule has 0 saturated heterocycles. The van der Waals surface area contributed by atoms with Gasteiger partial charge in [0.25, 0.3) is 0 Å². The van der Waals surface area contributed by atoms with Crippen LogP contribution < -0.4 is 5.48 Å². The van der Waals surface area contributed by atoms with E-state index < -0.39 is 9.84 Å². The van der Waals surface area contributed by atoms with Crippen LogP contribution in [0.3, 0.4) is 0 Å². The Labute approximate surface area is 87.7 Å². The van der Waals surface area contributed by atoms with Crippen molar-refractivity contribution in [3.63, 3.8) is 0 Å². The number of rotatable bonds is 3. The third-order valence-corrected chi connectivity index (χ3v) is 3.51. The number of nitrogens with one attached hydrogen (secondary N) is 1. The zero-order valence-electron chi connectivity index (χ0n) is 7.75. The van der Waals surface area contributed by atoms with Crippen molar-refractivity contribution in [3.8, 4) is 0 Å². The lowest BCUT2D eigenvalue weighted by Gasteiger charge is -2.06. The van der Waals surface area contributed by atoms with Gasteiger partial charge in [0.2, 0.25) is 6.17 Å². The molecule has 15 heavy (non-hydrogen) atoms. The van der Waals surface area contributed by atoms with E-state index in [-0.39, 0.29) is 10.6 Å². The fourth-order valence-electron chi connectivity index (χ4n) is 1.17. The lowest BCUT2D eigenvalue weighted by Crippen LogP contribution is -2.22. The van der Waals surface area contributed by atoms with Gasteiger partial charge >= 0.3 is 0 Å². The Morgan fingerprint density at radius 2 is 2.00 bits per heavy atom. The van der Waals surface area contributed by atoms with Crippen LogP contribution in [0.15, 0.2) is 40.2 Å². The third-order valence-electron chi connectivity index (χ3n) is 1.87. The molecule has 0 aliphatic carbocycles. The number of hydrogen-bond acceptors (Lipinski definition) is 5. The van der Waals surface area contributed by atoms with E-state index in [1.54, 1.807) is 30.3 Å². The maximum atomic E-state index is 11.8. The first-order valence-electron chi connectivity index (χ1n) is 4.26. The summed E-state index contributed by atoms with van der Waals surface area (Å²) in [6.45, 7) is 0. The van der Waals surface area contributed by atoms with E-state index in [0.717, 1.165) is 6.40 Å². The molecular formula is C9H9N2O3S. The van der Waals surface area contributed by atoms with E-state index in [2.05, 4.69) is 15.3 Å². The van der Waals surface area contributed by atoms with Gasteiger partial charge in [-0.2, -0.15) is 0 Å². The van der Waals surface area contributed by atoms with Crippen molar-refractivity contribution in [1.82, 2.24) is 5.48 Å². The van der Waals surface area contributed by atoms with Crippen LogP contribution in [0.4, 0.5) is 0 Å². The molecular weight excluding hydrogens is 216 g/mol. The fraction of sp³-hybridized carbons (Fsp3) is 0.111. The SMILES string of the molecule is O=S(=O)(C[C]1N=CON1)c1ccccc1. The van der Waals surface area contributed by atoms with Crippen LogP contribution in [-0.4, -0.2) is 20.6 Å². The zero-order valence-corrected chi connectivity index (χ0v) is 8.57. The molecule has 79 valence electrons. The quantitative estimate of drug-likeness (QED) is 0.814. The summed E-state index contributed by atoms with van der Waals surface area (Å²) in [6, 6.07) is 8.23. The van der Waals surface area contributed by atoms with Gasteiger partial charge in [0.05, 0.1) is 4.90 Å². The Morgan fingerprint density at radius 3 is 2.60 bits per heavy atom. The summed E-state index contributed by atoms with van der Waals surface area (Å²) in [5, 5.41) is 0. The van der Waals surface area contributed by atoms with Crippen molar-refractivity contribution in [1.29, 1.82) is 0 Å². The smallest absolute Gasteiger partial charge is 0.202 e.